The highest BCUT2D eigenvalue weighted by atomic mass is 16.5. The van der Waals surface area contributed by atoms with E-state index in [1.165, 1.54) is 12.0 Å². The summed E-state index contributed by atoms with van der Waals surface area (Å²) < 4.78 is 10.5. The van der Waals surface area contributed by atoms with Gasteiger partial charge in [-0.3, -0.25) is 14.4 Å². The Morgan fingerprint density at radius 2 is 1.96 bits per heavy atom. The van der Waals surface area contributed by atoms with Crippen molar-refractivity contribution in [3.05, 3.63) is 30.3 Å². The van der Waals surface area contributed by atoms with E-state index < -0.39 is 5.97 Å². The molecule has 1 saturated heterocycles. The van der Waals surface area contributed by atoms with Crippen LogP contribution >= 0.6 is 0 Å². The van der Waals surface area contributed by atoms with Gasteiger partial charge in [-0.05, 0) is 25.0 Å². The molecule has 1 aliphatic rings. The number of methoxy groups -OCH3 is 1. The summed E-state index contributed by atoms with van der Waals surface area (Å²) in [5.74, 6) is -1.03. The lowest BCUT2D eigenvalue weighted by Crippen LogP contribution is -2.48. The van der Waals surface area contributed by atoms with E-state index in [1.807, 2.05) is 30.3 Å². The molecule has 8 heteroatoms. The summed E-state index contributed by atoms with van der Waals surface area (Å²) in [5.41, 5.74) is 0. The first-order valence-electron chi connectivity index (χ1n) is 9.46. The van der Waals surface area contributed by atoms with Gasteiger partial charge in [0.05, 0.1) is 25.6 Å². The lowest BCUT2D eigenvalue weighted by atomic mass is 9.96. The fourth-order valence-electron chi connectivity index (χ4n) is 3.23. The summed E-state index contributed by atoms with van der Waals surface area (Å²) in [4.78, 5) is 39.3. The molecule has 8 nitrogen and oxygen atoms in total. The predicted octanol–water partition coefficient (Wildman–Crippen LogP) is 1.25. The Morgan fingerprint density at radius 1 is 1.21 bits per heavy atom. The summed E-state index contributed by atoms with van der Waals surface area (Å²) >= 11 is 0. The van der Waals surface area contributed by atoms with E-state index in [9.17, 15) is 14.4 Å². The van der Waals surface area contributed by atoms with Crippen LogP contribution in [0.15, 0.2) is 30.3 Å². The van der Waals surface area contributed by atoms with Crippen LogP contribution in [0, 0.1) is 5.92 Å². The number of likely N-dealkylation sites (tertiary alicyclic amines) is 1. The summed E-state index contributed by atoms with van der Waals surface area (Å²) in [6.45, 7) is 1.31. The highest BCUT2D eigenvalue weighted by Gasteiger charge is 2.31. The fraction of sp³-hybridized carbons (Fsp3) is 0.550. The second-order valence-electron chi connectivity index (χ2n) is 6.74. The maximum Gasteiger partial charge on any atom is 0.323 e. The summed E-state index contributed by atoms with van der Waals surface area (Å²) in [7, 11) is 1.50. The summed E-state index contributed by atoms with van der Waals surface area (Å²) in [5, 5.41) is 9.05. The Kier molecular flexibility index (Phi) is 8.74. The van der Waals surface area contributed by atoms with Gasteiger partial charge in [-0.1, -0.05) is 18.2 Å². The number of carbonyl (C=O) groups excluding carboxylic acids is 2. The molecule has 0 bridgehead atoms. The molecule has 1 fully saturated rings. The maximum absolute atomic E-state index is 12.8. The van der Waals surface area contributed by atoms with E-state index in [-0.39, 0.29) is 50.5 Å². The number of amides is 2. The van der Waals surface area contributed by atoms with E-state index >= 15 is 0 Å². The number of para-hydroxylation sites is 1. The van der Waals surface area contributed by atoms with Crippen molar-refractivity contribution >= 4 is 17.8 Å². The van der Waals surface area contributed by atoms with Crippen molar-refractivity contribution in [1.82, 2.24) is 9.80 Å². The first-order valence-corrected chi connectivity index (χ1v) is 9.46. The van der Waals surface area contributed by atoms with Crippen LogP contribution < -0.4 is 4.74 Å². The number of benzene rings is 1. The zero-order valence-electron chi connectivity index (χ0n) is 16.2. The first kappa shape index (κ1) is 21.7. The Labute approximate surface area is 165 Å². The van der Waals surface area contributed by atoms with Crippen LogP contribution in [0.5, 0.6) is 5.75 Å². The molecule has 1 aromatic rings. The maximum atomic E-state index is 12.8. The highest BCUT2D eigenvalue weighted by molar-refractivity contribution is 5.84. The number of nitrogens with zero attached hydrogens (tertiary/aromatic N) is 2. The van der Waals surface area contributed by atoms with Gasteiger partial charge < -0.3 is 24.4 Å². The second kappa shape index (κ2) is 11.3. The minimum atomic E-state index is -1.06. The molecule has 0 aliphatic carbocycles. The van der Waals surface area contributed by atoms with E-state index in [1.54, 1.807) is 4.90 Å². The standard InChI is InChI=1S/C20H28N2O6/c1-27-13-11-22(15-19(24)25)20(26)16-6-5-10-21(14-16)18(23)9-12-28-17-7-3-2-4-8-17/h2-4,7-8,16H,5-6,9-15H2,1H3,(H,24,25). The molecule has 0 saturated carbocycles. The van der Waals surface area contributed by atoms with Gasteiger partial charge in [-0.25, -0.2) is 0 Å². The predicted molar refractivity (Wildman–Crippen MR) is 102 cm³/mol. The van der Waals surface area contributed by atoms with Crippen molar-refractivity contribution in [2.45, 2.75) is 19.3 Å². The van der Waals surface area contributed by atoms with Crippen LogP contribution in [0.1, 0.15) is 19.3 Å². The average molecular weight is 392 g/mol. The van der Waals surface area contributed by atoms with Crippen LogP contribution in [0.4, 0.5) is 0 Å². The zero-order chi connectivity index (χ0) is 20.4. The number of ether oxygens (including phenoxy) is 2. The molecule has 1 unspecified atom stereocenters. The van der Waals surface area contributed by atoms with Crippen molar-refractivity contribution in [1.29, 1.82) is 0 Å². The molecular formula is C20H28N2O6. The monoisotopic (exact) mass is 392 g/mol. The number of aliphatic carboxylic acids is 1. The molecule has 0 radical (unpaired) electrons. The normalized spacial score (nSPS) is 16.5. The minimum Gasteiger partial charge on any atom is -0.493 e. The first-order chi connectivity index (χ1) is 13.5. The molecule has 2 rings (SSSR count). The van der Waals surface area contributed by atoms with Crippen molar-refractivity contribution < 1.29 is 29.0 Å². The van der Waals surface area contributed by atoms with Gasteiger partial charge in [-0.2, -0.15) is 0 Å². The third-order valence-corrected chi connectivity index (χ3v) is 4.65. The fourth-order valence-corrected chi connectivity index (χ4v) is 3.23. The van der Waals surface area contributed by atoms with Gasteiger partial charge in [0.2, 0.25) is 11.8 Å². The van der Waals surface area contributed by atoms with Crippen LogP contribution in [-0.2, 0) is 19.1 Å². The molecule has 2 amide bonds. The molecule has 0 aromatic heterocycles. The number of carbonyl (C=O) groups is 3. The van der Waals surface area contributed by atoms with Gasteiger partial charge >= 0.3 is 5.97 Å². The summed E-state index contributed by atoms with van der Waals surface area (Å²) in [6, 6.07) is 9.28. The third-order valence-electron chi connectivity index (χ3n) is 4.65. The van der Waals surface area contributed by atoms with E-state index in [2.05, 4.69) is 0 Å². The van der Waals surface area contributed by atoms with Crippen molar-refractivity contribution in [2.24, 2.45) is 5.92 Å². The number of hydrogen-bond acceptors (Lipinski definition) is 5. The lowest BCUT2D eigenvalue weighted by Gasteiger charge is -2.34. The number of hydrogen-bond donors (Lipinski definition) is 1. The highest BCUT2D eigenvalue weighted by Crippen LogP contribution is 2.20. The Morgan fingerprint density at radius 3 is 2.64 bits per heavy atom. The van der Waals surface area contributed by atoms with Crippen LogP contribution in [-0.4, -0.2) is 79.2 Å². The number of rotatable bonds is 10. The van der Waals surface area contributed by atoms with Gasteiger partial charge in [0.1, 0.15) is 12.3 Å². The van der Waals surface area contributed by atoms with Gasteiger partial charge in [-0.15, -0.1) is 0 Å². The summed E-state index contributed by atoms with van der Waals surface area (Å²) in [6.07, 6.45) is 1.59. The van der Waals surface area contributed by atoms with E-state index in [0.717, 1.165) is 0 Å². The van der Waals surface area contributed by atoms with Crippen LogP contribution in [0.25, 0.3) is 0 Å². The largest absolute Gasteiger partial charge is 0.493 e. The van der Waals surface area contributed by atoms with E-state index in [4.69, 9.17) is 14.6 Å². The Hall–Kier alpha value is -2.61. The molecule has 1 heterocycles. The Balaban J connectivity index is 1.85. The van der Waals surface area contributed by atoms with Gasteiger partial charge in [0.15, 0.2) is 0 Å². The third kappa shape index (κ3) is 6.84. The Bertz CT molecular complexity index is 651. The van der Waals surface area contributed by atoms with Crippen molar-refractivity contribution in [3.63, 3.8) is 0 Å². The topological polar surface area (TPSA) is 96.4 Å². The SMILES string of the molecule is COCCN(CC(=O)O)C(=O)C1CCCN(C(=O)CCOc2ccccc2)C1. The molecule has 1 atom stereocenters. The number of carboxylic acids is 1. The molecule has 1 N–H and O–H groups in total. The molecule has 28 heavy (non-hydrogen) atoms. The van der Waals surface area contributed by atoms with Crippen molar-refractivity contribution in [3.8, 4) is 5.75 Å². The van der Waals surface area contributed by atoms with Crippen molar-refractivity contribution in [2.75, 3.05) is 46.5 Å². The van der Waals surface area contributed by atoms with Gasteiger partial charge in [0, 0.05) is 26.7 Å². The van der Waals surface area contributed by atoms with Gasteiger partial charge in [0.25, 0.3) is 0 Å². The van der Waals surface area contributed by atoms with Crippen LogP contribution in [0.2, 0.25) is 0 Å². The smallest absolute Gasteiger partial charge is 0.323 e. The number of piperidine rings is 1. The molecular weight excluding hydrogens is 364 g/mol. The quantitative estimate of drug-likeness (QED) is 0.644. The average Bonchev–Trinajstić information content (AvgIpc) is 2.71. The second-order valence-corrected chi connectivity index (χ2v) is 6.74. The molecule has 0 spiro atoms. The molecule has 1 aliphatic heterocycles. The molecule has 1 aromatic carbocycles. The lowest BCUT2D eigenvalue weighted by molar-refractivity contribution is -0.149. The van der Waals surface area contributed by atoms with E-state index in [0.29, 0.717) is 31.7 Å². The zero-order valence-corrected chi connectivity index (χ0v) is 16.2. The van der Waals surface area contributed by atoms with Crippen LogP contribution in [0.3, 0.4) is 0 Å². The minimum absolute atomic E-state index is 0.0601. The molecule has 154 valence electrons. The number of carboxylic acid groups (broad SMARTS) is 1.